The molecular formula is C20H30N2O4S. The van der Waals surface area contributed by atoms with Crippen LogP contribution in [0, 0.1) is 5.92 Å². The van der Waals surface area contributed by atoms with E-state index in [1.165, 1.54) is 10.6 Å². The quantitative estimate of drug-likeness (QED) is 0.765. The van der Waals surface area contributed by atoms with E-state index in [4.69, 9.17) is 0 Å². The van der Waals surface area contributed by atoms with Gasteiger partial charge in [-0.1, -0.05) is 43.2 Å². The summed E-state index contributed by atoms with van der Waals surface area (Å²) in [6, 6.07) is 8.87. The first-order valence-electron chi connectivity index (χ1n) is 9.81. The van der Waals surface area contributed by atoms with Crippen LogP contribution < -0.4 is 0 Å². The molecule has 1 heterocycles. The van der Waals surface area contributed by atoms with Crippen LogP contribution in [0.5, 0.6) is 0 Å². The molecule has 150 valence electrons. The molecule has 1 saturated carbocycles. The molecule has 1 N–H and O–H groups in total. The van der Waals surface area contributed by atoms with Crippen LogP contribution in [0.2, 0.25) is 0 Å². The van der Waals surface area contributed by atoms with Gasteiger partial charge in [0.1, 0.15) is 0 Å². The monoisotopic (exact) mass is 394 g/mol. The number of aliphatic hydroxyl groups excluding tert-OH is 1. The second-order valence-corrected chi connectivity index (χ2v) is 9.59. The standard InChI is InChI=1S/C20H30N2O4S/c1-3-21(20(24)16-11-7-8-12-16)13-17-19(15-9-5-4-6-10-15)18(14-23)22(17)27(2,25)26/h4-6,9-10,16-19,23H,3,7-8,11-14H2,1-2H3/t17-,18+,19-/m1/s1. The summed E-state index contributed by atoms with van der Waals surface area (Å²) in [5.74, 6) is 0.0968. The molecule has 0 radical (unpaired) electrons. The minimum Gasteiger partial charge on any atom is -0.395 e. The maximum absolute atomic E-state index is 12.9. The van der Waals surface area contributed by atoms with E-state index in [9.17, 15) is 18.3 Å². The van der Waals surface area contributed by atoms with Gasteiger partial charge in [0, 0.05) is 24.9 Å². The summed E-state index contributed by atoms with van der Waals surface area (Å²) >= 11 is 0. The molecule has 0 spiro atoms. The van der Waals surface area contributed by atoms with Crippen LogP contribution >= 0.6 is 0 Å². The highest BCUT2D eigenvalue weighted by Gasteiger charge is 2.53. The molecular weight excluding hydrogens is 364 g/mol. The fourth-order valence-electron chi connectivity index (χ4n) is 4.75. The lowest BCUT2D eigenvalue weighted by molar-refractivity contribution is -0.137. The summed E-state index contributed by atoms with van der Waals surface area (Å²) in [5, 5.41) is 9.86. The maximum atomic E-state index is 12.9. The lowest BCUT2D eigenvalue weighted by atomic mass is 9.77. The summed E-state index contributed by atoms with van der Waals surface area (Å²) in [4.78, 5) is 14.7. The Bertz CT molecular complexity index is 747. The van der Waals surface area contributed by atoms with Crippen molar-refractivity contribution in [1.82, 2.24) is 9.21 Å². The third kappa shape index (κ3) is 4.05. The van der Waals surface area contributed by atoms with Gasteiger partial charge in [0.25, 0.3) is 0 Å². The molecule has 0 bridgehead atoms. The lowest BCUT2D eigenvalue weighted by Gasteiger charge is -2.54. The predicted molar refractivity (Wildman–Crippen MR) is 105 cm³/mol. The highest BCUT2D eigenvalue weighted by atomic mass is 32.2. The van der Waals surface area contributed by atoms with Gasteiger partial charge in [-0.15, -0.1) is 0 Å². The Hall–Kier alpha value is -1.44. The van der Waals surface area contributed by atoms with Crippen LogP contribution in [-0.4, -0.2) is 66.7 Å². The van der Waals surface area contributed by atoms with Crippen LogP contribution in [0.25, 0.3) is 0 Å². The second-order valence-electron chi connectivity index (χ2n) is 7.70. The van der Waals surface area contributed by atoms with Gasteiger partial charge in [-0.05, 0) is 25.3 Å². The Morgan fingerprint density at radius 3 is 2.33 bits per heavy atom. The van der Waals surface area contributed by atoms with Crippen molar-refractivity contribution in [2.24, 2.45) is 5.92 Å². The first kappa shape index (κ1) is 20.3. The summed E-state index contributed by atoms with van der Waals surface area (Å²) in [6.07, 6.45) is 5.21. The molecule has 1 aliphatic heterocycles. The summed E-state index contributed by atoms with van der Waals surface area (Å²) < 4.78 is 26.2. The first-order valence-corrected chi connectivity index (χ1v) is 11.7. The average Bonchev–Trinajstić information content (AvgIpc) is 3.15. The van der Waals surface area contributed by atoms with Crippen molar-refractivity contribution in [3.63, 3.8) is 0 Å². The minimum atomic E-state index is -3.48. The van der Waals surface area contributed by atoms with E-state index >= 15 is 0 Å². The van der Waals surface area contributed by atoms with Crippen LogP contribution in [0.3, 0.4) is 0 Å². The zero-order chi connectivity index (χ0) is 19.6. The Morgan fingerprint density at radius 1 is 1.19 bits per heavy atom. The molecule has 7 heteroatoms. The van der Waals surface area contributed by atoms with Gasteiger partial charge in [0.05, 0.1) is 24.9 Å². The number of hydrogen-bond donors (Lipinski definition) is 1. The van der Waals surface area contributed by atoms with Gasteiger partial charge < -0.3 is 10.0 Å². The highest BCUT2D eigenvalue weighted by molar-refractivity contribution is 7.88. The number of aliphatic hydroxyl groups is 1. The van der Waals surface area contributed by atoms with Crippen molar-refractivity contribution in [2.45, 2.75) is 50.6 Å². The van der Waals surface area contributed by atoms with Gasteiger partial charge in [0.2, 0.25) is 15.9 Å². The smallest absolute Gasteiger partial charge is 0.225 e. The Morgan fingerprint density at radius 2 is 1.81 bits per heavy atom. The van der Waals surface area contributed by atoms with Crippen molar-refractivity contribution in [2.75, 3.05) is 26.0 Å². The summed E-state index contributed by atoms with van der Waals surface area (Å²) in [7, 11) is -3.48. The number of rotatable bonds is 7. The van der Waals surface area contributed by atoms with Crippen LogP contribution in [-0.2, 0) is 14.8 Å². The third-order valence-electron chi connectivity index (χ3n) is 6.04. The summed E-state index contributed by atoms with van der Waals surface area (Å²) in [5.41, 5.74) is 1.01. The second kappa shape index (κ2) is 8.29. The molecule has 27 heavy (non-hydrogen) atoms. The van der Waals surface area contributed by atoms with Crippen molar-refractivity contribution in [3.05, 3.63) is 35.9 Å². The third-order valence-corrected chi connectivity index (χ3v) is 7.35. The SMILES string of the molecule is CCN(C[C@@H]1[C@@H](c2ccccc2)[C@H](CO)N1S(C)(=O)=O)C(=O)C1CCCC1. The topological polar surface area (TPSA) is 77.9 Å². The van der Waals surface area contributed by atoms with E-state index in [0.717, 1.165) is 31.2 Å². The van der Waals surface area contributed by atoms with Crippen molar-refractivity contribution < 1.29 is 18.3 Å². The van der Waals surface area contributed by atoms with E-state index in [0.29, 0.717) is 13.1 Å². The van der Waals surface area contributed by atoms with E-state index in [-0.39, 0.29) is 30.4 Å². The molecule has 1 aliphatic carbocycles. The Balaban J connectivity index is 1.86. The van der Waals surface area contributed by atoms with Crippen molar-refractivity contribution >= 4 is 15.9 Å². The van der Waals surface area contributed by atoms with E-state index < -0.39 is 16.1 Å². The zero-order valence-corrected chi connectivity index (χ0v) is 16.9. The lowest BCUT2D eigenvalue weighted by Crippen LogP contribution is -2.68. The number of carbonyl (C=O) groups is 1. The van der Waals surface area contributed by atoms with E-state index in [1.807, 2.05) is 42.2 Å². The summed E-state index contributed by atoms with van der Waals surface area (Å²) in [6.45, 7) is 2.65. The number of benzene rings is 1. The molecule has 1 saturated heterocycles. The molecule has 1 aromatic rings. The molecule has 3 rings (SSSR count). The normalized spacial score (nSPS) is 26.7. The molecule has 3 atom stereocenters. The van der Waals surface area contributed by atoms with Gasteiger partial charge >= 0.3 is 0 Å². The number of likely N-dealkylation sites (N-methyl/N-ethyl adjacent to an activating group) is 1. The fraction of sp³-hybridized carbons (Fsp3) is 0.650. The number of carbonyl (C=O) groups excluding carboxylic acids is 1. The van der Waals surface area contributed by atoms with Gasteiger partial charge in [-0.2, -0.15) is 4.31 Å². The maximum Gasteiger partial charge on any atom is 0.225 e. The molecule has 1 aromatic carbocycles. The fourth-order valence-corrected chi connectivity index (χ4v) is 6.13. The van der Waals surface area contributed by atoms with Crippen LogP contribution in [0.15, 0.2) is 30.3 Å². The molecule has 6 nitrogen and oxygen atoms in total. The minimum absolute atomic E-state index is 0.0699. The largest absolute Gasteiger partial charge is 0.395 e. The van der Waals surface area contributed by atoms with E-state index in [2.05, 4.69) is 0 Å². The van der Waals surface area contributed by atoms with Crippen LogP contribution in [0.4, 0.5) is 0 Å². The van der Waals surface area contributed by atoms with Crippen molar-refractivity contribution in [1.29, 1.82) is 0 Å². The Labute approximate surface area is 162 Å². The molecule has 2 aliphatic rings. The highest BCUT2D eigenvalue weighted by Crippen LogP contribution is 2.43. The molecule has 0 aromatic heterocycles. The molecule has 0 unspecified atom stereocenters. The average molecular weight is 395 g/mol. The van der Waals surface area contributed by atoms with Gasteiger partial charge in [-0.3, -0.25) is 4.79 Å². The number of hydrogen-bond acceptors (Lipinski definition) is 4. The number of nitrogens with zero attached hydrogens (tertiary/aromatic N) is 2. The predicted octanol–water partition coefficient (Wildman–Crippen LogP) is 1.81. The number of amides is 1. The van der Waals surface area contributed by atoms with Gasteiger partial charge in [0.15, 0.2) is 0 Å². The zero-order valence-electron chi connectivity index (χ0n) is 16.1. The van der Waals surface area contributed by atoms with Crippen molar-refractivity contribution in [3.8, 4) is 0 Å². The molecule has 1 amide bonds. The van der Waals surface area contributed by atoms with Gasteiger partial charge in [-0.25, -0.2) is 8.42 Å². The first-order chi connectivity index (χ1) is 12.9. The van der Waals surface area contributed by atoms with E-state index in [1.54, 1.807) is 0 Å². The number of sulfonamides is 1. The van der Waals surface area contributed by atoms with Crippen LogP contribution in [0.1, 0.15) is 44.1 Å². The molecule has 2 fully saturated rings. The Kier molecular flexibility index (Phi) is 6.23.